The minimum absolute atomic E-state index is 0.00187. The highest BCUT2D eigenvalue weighted by Gasteiger charge is 2.20. The first-order chi connectivity index (χ1) is 19.0. The van der Waals surface area contributed by atoms with Crippen LogP contribution < -0.4 is 10.6 Å². The number of hydrogen-bond donors (Lipinski definition) is 3. The number of pyridine rings is 1. The Labute approximate surface area is 233 Å². The molecule has 0 aliphatic carbocycles. The molecule has 7 nitrogen and oxygen atoms in total. The van der Waals surface area contributed by atoms with Gasteiger partial charge in [0.2, 0.25) is 5.91 Å². The number of nitrogens with one attached hydrogen (secondary N) is 2. The number of allylic oxidation sites excluding steroid dienone is 10. The fourth-order valence-electron chi connectivity index (χ4n) is 3.53. The molecule has 1 heterocycles. The van der Waals surface area contributed by atoms with Gasteiger partial charge in [-0.15, -0.1) is 0 Å². The molecule has 212 valence electrons. The number of hydrogen-bond acceptors (Lipinski definition) is 4. The maximum Gasteiger partial charge on any atom is 0.326 e. The van der Waals surface area contributed by atoms with Crippen LogP contribution in [0.5, 0.6) is 0 Å². The van der Waals surface area contributed by atoms with Crippen molar-refractivity contribution in [2.75, 3.05) is 6.54 Å². The molecule has 0 saturated heterocycles. The first-order valence-electron chi connectivity index (χ1n) is 14.0. The van der Waals surface area contributed by atoms with Crippen LogP contribution in [0.15, 0.2) is 85.3 Å². The Hall–Kier alpha value is -3.74. The number of rotatable bonds is 21. The van der Waals surface area contributed by atoms with Gasteiger partial charge < -0.3 is 15.7 Å². The number of carboxylic acid groups (broad SMARTS) is 1. The largest absolute Gasteiger partial charge is 0.480 e. The number of nitrogens with zero attached hydrogens (tertiary/aromatic N) is 1. The molecule has 7 heteroatoms. The van der Waals surface area contributed by atoms with Crippen molar-refractivity contribution in [1.29, 1.82) is 0 Å². The van der Waals surface area contributed by atoms with Crippen molar-refractivity contribution in [2.45, 2.75) is 83.6 Å². The van der Waals surface area contributed by atoms with E-state index >= 15 is 0 Å². The lowest BCUT2D eigenvalue weighted by Crippen LogP contribution is -2.40. The molecule has 3 N–H and O–H groups in total. The monoisotopic (exact) mass is 535 g/mol. The van der Waals surface area contributed by atoms with Gasteiger partial charge in [0.05, 0.1) is 5.56 Å². The second kappa shape index (κ2) is 23.4. The van der Waals surface area contributed by atoms with Crippen molar-refractivity contribution in [2.24, 2.45) is 0 Å². The minimum atomic E-state index is -1.08. The summed E-state index contributed by atoms with van der Waals surface area (Å²) in [6.07, 6.45) is 33.1. The highest BCUT2D eigenvalue weighted by molar-refractivity contribution is 5.96. The second-order valence-electron chi connectivity index (χ2n) is 9.05. The van der Waals surface area contributed by atoms with Crippen molar-refractivity contribution < 1.29 is 19.5 Å². The molecule has 1 aromatic heterocycles. The number of carboxylic acids is 1. The van der Waals surface area contributed by atoms with Crippen LogP contribution in [0.1, 0.15) is 87.9 Å². The summed E-state index contributed by atoms with van der Waals surface area (Å²) in [6.45, 7) is 2.63. The van der Waals surface area contributed by atoms with E-state index in [0.29, 0.717) is 37.8 Å². The Bertz CT molecular complexity index is 965. The Kier molecular flexibility index (Phi) is 20.0. The lowest BCUT2D eigenvalue weighted by molar-refractivity contribution is -0.139. The molecule has 1 unspecified atom stereocenters. The maximum absolute atomic E-state index is 12.1. The summed E-state index contributed by atoms with van der Waals surface area (Å²) in [4.78, 5) is 39.5. The highest BCUT2D eigenvalue weighted by atomic mass is 16.4. The van der Waals surface area contributed by atoms with Gasteiger partial charge in [0.25, 0.3) is 5.91 Å². The fourth-order valence-corrected chi connectivity index (χ4v) is 3.53. The number of amides is 2. The minimum Gasteiger partial charge on any atom is -0.480 e. The van der Waals surface area contributed by atoms with E-state index in [9.17, 15) is 19.5 Å². The number of aromatic nitrogens is 1. The van der Waals surface area contributed by atoms with Crippen LogP contribution in [0, 0.1) is 0 Å². The maximum atomic E-state index is 12.1. The smallest absolute Gasteiger partial charge is 0.326 e. The van der Waals surface area contributed by atoms with Crippen molar-refractivity contribution in [3.8, 4) is 0 Å². The summed E-state index contributed by atoms with van der Waals surface area (Å²) >= 11 is 0. The number of aliphatic carboxylic acids is 1. The molecule has 0 aliphatic rings. The van der Waals surface area contributed by atoms with E-state index in [-0.39, 0.29) is 5.91 Å². The Morgan fingerprint density at radius 1 is 0.872 bits per heavy atom. The van der Waals surface area contributed by atoms with E-state index in [1.165, 1.54) is 6.20 Å². The molecule has 0 spiro atoms. The van der Waals surface area contributed by atoms with Crippen LogP contribution >= 0.6 is 0 Å². The zero-order valence-corrected chi connectivity index (χ0v) is 23.3. The molecule has 0 radical (unpaired) electrons. The first-order valence-corrected chi connectivity index (χ1v) is 14.0. The van der Waals surface area contributed by atoms with Gasteiger partial charge in [0, 0.05) is 25.4 Å². The summed E-state index contributed by atoms with van der Waals surface area (Å²) in [5.74, 6) is -1.54. The van der Waals surface area contributed by atoms with Gasteiger partial charge in [-0.05, 0) is 76.3 Å². The van der Waals surface area contributed by atoms with E-state index in [1.807, 2.05) is 0 Å². The Balaban J connectivity index is 2.04. The van der Waals surface area contributed by atoms with E-state index in [2.05, 4.69) is 83.3 Å². The van der Waals surface area contributed by atoms with E-state index in [4.69, 9.17) is 0 Å². The molecule has 0 aliphatic heterocycles. The van der Waals surface area contributed by atoms with Gasteiger partial charge in [-0.3, -0.25) is 14.6 Å². The van der Waals surface area contributed by atoms with Gasteiger partial charge in [0.1, 0.15) is 6.04 Å². The molecular formula is C32H45N3O4. The van der Waals surface area contributed by atoms with Gasteiger partial charge in [-0.2, -0.15) is 0 Å². The van der Waals surface area contributed by atoms with E-state index in [0.717, 1.165) is 44.9 Å². The summed E-state index contributed by atoms with van der Waals surface area (Å²) in [5, 5.41) is 14.8. The third-order valence-electron chi connectivity index (χ3n) is 5.70. The molecule has 39 heavy (non-hydrogen) atoms. The Morgan fingerprint density at radius 2 is 1.49 bits per heavy atom. The molecule has 0 fully saturated rings. The van der Waals surface area contributed by atoms with E-state index < -0.39 is 17.9 Å². The molecule has 0 aromatic carbocycles. The van der Waals surface area contributed by atoms with Crippen molar-refractivity contribution in [1.82, 2.24) is 15.6 Å². The average Bonchev–Trinajstić information content (AvgIpc) is 2.94. The van der Waals surface area contributed by atoms with Crippen LogP contribution in [-0.2, 0) is 9.59 Å². The van der Waals surface area contributed by atoms with Gasteiger partial charge in [-0.1, -0.05) is 67.7 Å². The van der Waals surface area contributed by atoms with Crippen LogP contribution in [0.2, 0.25) is 0 Å². The molecular weight excluding hydrogens is 490 g/mol. The topological polar surface area (TPSA) is 108 Å². The second-order valence-corrected chi connectivity index (χ2v) is 9.05. The quantitative estimate of drug-likeness (QED) is 0.123. The van der Waals surface area contributed by atoms with E-state index in [1.54, 1.807) is 18.3 Å². The number of carbonyl (C=O) groups is 3. The third kappa shape index (κ3) is 19.1. The van der Waals surface area contributed by atoms with Crippen LogP contribution in [0.3, 0.4) is 0 Å². The summed E-state index contributed by atoms with van der Waals surface area (Å²) in [6, 6.07) is 2.23. The zero-order valence-electron chi connectivity index (χ0n) is 23.3. The van der Waals surface area contributed by atoms with Gasteiger partial charge in [0.15, 0.2) is 0 Å². The van der Waals surface area contributed by atoms with Gasteiger partial charge >= 0.3 is 5.97 Å². The van der Waals surface area contributed by atoms with Gasteiger partial charge in [-0.25, -0.2) is 4.79 Å². The lowest BCUT2D eigenvalue weighted by atomic mass is 10.1. The summed E-state index contributed by atoms with van der Waals surface area (Å²) < 4.78 is 0. The number of carbonyl (C=O) groups excluding carboxylic acids is 2. The van der Waals surface area contributed by atoms with Crippen molar-refractivity contribution >= 4 is 17.8 Å². The third-order valence-corrected chi connectivity index (χ3v) is 5.70. The normalized spacial score (nSPS) is 12.7. The van der Waals surface area contributed by atoms with Crippen molar-refractivity contribution in [3.05, 3.63) is 90.9 Å². The molecule has 2 amide bonds. The van der Waals surface area contributed by atoms with Crippen LogP contribution in [0.25, 0.3) is 0 Å². The Morgan fingerprint density at radius 3 is 2.05 bits per heavy atom. The molecule has 1 rings (SSSR count). The predicted molar refractivity (Wildman–Crippen MR) is 158 cm³/mol. The SMILES string of the molecule is CCC=CCC=CCC=CCC=CCC=CCCCC(=O)NCCCCC(NC(=O)c1cccnc1)C(=O)O. The molecule has 1 atom stereocenters. The van der Waals surface area contributed by atoms with Crippen LogP contribution in [-0.4, -0.2) is 40.5 Å². The zero-order chi connectivity index (χ0) is 28.4. The standard InChI is InChI=1S/C32H45N3O4/c1-2-3-4-5-6-7-8-9-10-11-12-13-14-15-16-17-18-24-30(36)34-26-20-19-23-29(32(38)39)35-31(37)28-22-21-25-33-27-28/h3-4,6-7,9-10,12-13,15-16,21-22,25,27,29H,2,5,8,11,14,17-20,23-24,26H2,1H3,(H,34,36)(H,35,37)(H,38,39). The first kappa shape index (κ1) is 33.3. The lowest BCUT2D eigenvalue weighted by Gasteiger charge is -2.14. The summed E-state index contributed by atoms with van der Waals surface area (Å²) in [7, 11) is 0. The molecule has 0 bridgehead atoms. The molecule has 1 aromatic rings. The highest BCUT2D eigenvalue weighted by Crippen LogP contribution is 2.05. The van der Waals surface area contributed by atoms with Crippen LogP contribution in [0.4, 0.5) is 0 Å². The summed E-state index contributed by atoms with van der Waals surface area (Å²) in [5.41, 5.74) is 0.320. The average molecular weight is 536 g/mol. The number of unbranched alkanes of at least 4 members (excludes halogenated alkanes) is 2. The van der Waals surface area contributed by atoms with Crippen molar-refractivity contribution in [3.63, 3.8) is 0 Å². The predicted octanol–water partition coefficient (Wildman–Crippen LogP) is 6.47. The molecule has 0 saturated carbocycles. The fraction of sp³-hybridized carbons (Fsp3) is 0.438.